The van der Waals surface area contributed by atoms with Gasteiger partial charge in [0.15, 0.2) is 5.69 Å². The molecule has 16 heavy (non-hydrogen) atoms. The summed E-state index contributed by atoms with van der Waals surface area (Å²) in [5.74, 6) is -1.15. The van der Waals surface area contributed by atoms with E-state index in [9.17, 15) is 18.0 Å². The monoisotopic (exact) mass is 237 g/mol. The smallest absolute Gasteiger partial charge is 0.435 e. The molecule has 1 heterocycles. The summed E-state index contributed by atoms with van der Waals surface area (Å²) in [6.07, 6.45) is -3.42. The zero-order chi connectivity index (χ0) is 12.3. The van der Waals surface area contributed by atoms with Crippen molar-refractivity contribution in [1.29, 1.82) is 0 Å². The summed E-state index contributed by atoms with van der Waals surface area (Å²) in [4.78, 5) is 10.6. The lowest BCUT2D eigenvalue weighted by molar-refractivity contribution is -0.141. The van der Waals surface area contributed by atoms with Crippen LogP contribution in [0.1, 0.15) is 5.69 Å². The zero-order valence-corrected chi connectivity index (χ0v) is 8.32. The highest BCUT2D eigenvalue weighted by Gasteiger charge is 2.33. The molecule has 0 spiro atoms. The number of nitrogens with zero attached hydrogens (tertiary/aromatic N) is 2. The van der Waals surface area contributed by atoms with Gasteiger partial charge in [-0.25, -0.2) is 0 Å². The van der Waals surface area contributed by atoms with E-state index < -0.39 is 23.9 Å². The Balaban J connectivity index is 2.76. The van der Waals surface area contributed by atoms with Crippen molar-refractivity contribution in [2.24, 2.45) is 0 Å². The van der Waals surface area contributed by atoms with E-state index in [1.807, 2.05) is 0 Å². The average molecular weight is 237 g/mol. The summed E-state index contributed by atoms with van der Waals surface area (Å²) in [6, 6.07) is -0.171. The lowest BCUT2D eigenvalue weighted by Crippen LogP contribution is -2.37. The molecule has 0 fully saturated rings. The summed E-state index contributed by atoms with van der Waals surface area (Å²) in [6.45, 7) is -0.165. The average Bonchev–Trinajstić information content (AvgIpc) is 2.61. The molecular formula is C8H10F3N3O2. The molecule has 1 rings (SSSR count). The number of carboxylic acids is 1. The number of carbonyl (C=O) groups is 1. The Labute approximate surface area is 88.9 Å². The molecule has 0 aliphatic rings. The standard InChI is InChI=1S/C8H10F3N3O2/c1-12-5(7(15)16)4-14-3-2-6(13-14)8(9,10)11/h2-3,5,12H,4H2,1H3,(H,15,16). The summed E-state index contributed by atoms with van der Waals surface area (Å²) < 4.78 is 37.5. The predicted molar refractivity (Wildman–Crippen MR) is 47.7 cm³/mol. The van der Waals surface area contributed by atoms with Crippen LogP contribution in [0.2, 0.25) is 0 Å². The van der Waals surface area contributed by atoms with Gasteiger partial charge >= 0.3 is 12.1 Å². The van der Waals surface area contributed by atoms with E-state index in [0.29, 0.717) is 0 Å². The third-order valence-corrected chi connectivity index (χ3v) is 1.95. The van der Waals surface area contributed by atoms with E-state index in [1.54, 1.807) is 0 Å². The number of carboxylic acid groups (broad SMARTS) is 1. The zero-order valence-electron chi connectivity index (χ0n) is 8.32. The summed E-state index contributed by atoms with van der Waals surface area (Å²) in [5, 5.41) is 14.4. The normalized spacial score (nSPS) is 13.8. The lowest BCUT2D eigenvalue weighted by Gasteiger charge is -2.10. The Morgan fingerprint density at radius 1 is 1.69 bits per heavy atom. The third kappa shape index (κ3) is 2.96. The van der Waals surface area contributed by atoms with E-state index in [2.05, 4.69) is 10.4 Å². The maximum Gasteiger partial charge on any atom is 0.435 e. The molecule has 8 heteroatoms. The lowest BCUT2D eigenvalue weighted by atomic mass is 10.3. The van der Waals surface area contributed by atoms with Crippen LogP contribution in [0.3, 0.4) is 0 Å². The highest BCUT2D eigenvalue weighted by Crippen LogP contribution is 2.27. The van der Waals surface area contributed by atoms with Crippen molar-refractivity contribution in [3.05, 3.63) is 18.0 Å². The van der Waals surface area contributed by atoms with Crippen LogP contribution in [-0.4, -0.2) is 33.9 Å². The number of rotatable bonds is 4. The Morgan fingerprint density at radius 2 is 2.31 bits per heavy atom. The van der Waals surface area contributed by atoms with Crippen molar-refractivity contribution in [1.82, 2.24) is 15.1 Å². The van der Waals surface area contributed by atoms with Gasteiger partial charge in [-0.3, -0.25) is 9.48 Å². The van der Waals surface area contributed by atoms with Gasteiger partial charge in [0, 0.05) is 6.20 Å². The fourth-order valence-electron chi connectivity index (χ4n) is 1.09. The number of hydrogen-bond donors (Lipinski definition) is 2. The van der Waals surface area contributed by atoms with Crippen molar-refractivity contribution < 1.29 is 23.1 Å². The highest BCUT2D eigenvalue weighted by atomic mass is 19.4. The van der Waals surface area contributed by atoms with E-state index >= 15 is 0 Å². The number of likely N-dealkylation sites (N-methyl/N-ethyl adjacent to an activating group) is 1. The Morgan fingerprint density at radius 3 is 2.69 bits per heavy atom. The second-order valence-corrected chi connectivity index (χ2v) is 3.10. The van der Waals surface area contributed by atoms with Gasteiger partial charge in [0.05, 0.1) is 6.54 Å². The first-order chi connectivity index (χ1) is 7.34. The minimum Gasteiger partial charge on any atom is -0.480 e. The van der Waals surface area contributed by atoms with Crippen LogP contribution in [0.15, 0.2) is 12.3 Å². The van der Waals surface area contributed by atoms with Gasteiger partial charge in [-0.15, -0.1) is 0 Å². The fourth-order valence-corrected chi connectivity index (χ4v) is 1.09. The molecule has 0 amide bonds. The van der Waals surface area contributed by atoms with E-state index in [-0.39, 0.29) is 6.54 Å². The quantitative estimate of drug-likeness (QED) is 0.803. The van der Waals surface area contributed by atoms with Gasteiger partial charge in [-0.05, 0) is 13.1 Å². The second kappa shape index (κ2) is 4.52. The van der Waals surface area contributed by atoms with Crippen LogP contribution < -0.4 is 5.32 Å². The molecule has 1 aromatic rings. The largest absolute Gasteiger partial charge is 0.480 e. The molecule has 0 aliphatic carbocycles. The Kier molecular flexibility index (Phi) is 3.53. The molecule has 0 radical (unpaired) electrons. The predicted octanol–water partition coefficient (Wildman–Crippen LogP) is 0.574. The van der Waals surface area contributed by atoms with Gasteiger partial charge in [0.2, 0.25) is 0 Å². The molecule has 1 atom stereocenters. The van der Waals surface area contributed by atoms with Crippen LogP contribution >= 0.6 is 0 Å². The molecule has 1 aromatic heterocycles. The van der Waals surface area contributed by atoms with Crippen molar-refractivity contribution in [3.63, 3.8) is 0 Å². The van der Waals surface area contributed by atoms with Crippen LogP contribution in [0, 0.1) is 0 Å². The van der Waals surface area contributed by atoms with Crippen molar-refractivity contribution >= 4 is 5.97 Å². The van der Waals surface area contributed by atoms with E-state index in [0.717, 1.165) is 16.9 Å². The van der Waals surface area contributed by atoms with Crippen molar-refractivity contribution in [2.75, 3.05) is 7.05 Å². The number of halogens is 3. The molecule has 0 aliphatic heterocycles. The van der Waals surface area contributed by atoms with Crippen LogP contribution in [0.5, 0.6) is 0 Å². The minimum absolute atomic E-state index is 0.165. The van der Waals surface area contributed by atoms with Gasteiger partial charge in [0.1, 0.15) is 6.04 Å². The Hall–Kier alpha value is -1.57. The topological polar surface area (TPSA) is 67.2 Å². The first kappa shape index (κ1) is 12.5. The maximum absolute atomic E-state index is 12.2. The van der Waals surface area contributed by atoms with Gasteiger partial charge in [-0.2, -0.15) is 18.3 Å². The van der Waals surface area contributed by atoms with E-state index in [4.69, 9.17) is 5.11 Å². The first-order valence-corrected chi connectivity index (χ1v) is 4.35. The Bertz CT molecular complexity index is 375. The van der Waals surface area contributed by atoms with E-state index in [1.165, 1.54) is 7.05 Å². The van der Waals surface area contributed by atoms with Crippen molar-refractivity contribution in [2.45, 2.75) is 18.8 Å². The van der Waals surface area contributed by atoms with Crippen LogP contribution in [-0.2, 0) is 17.5 Å². The summed E-state index contributed by atoms with van der Waals surface area (Å²) >= 11 is 0. The molecule has 2 N–H and O–H groups in total. The molecule has 0 bridgehead atoms. The molecule has 5 nitrogen and oxygen atoms in total. The number of alkyl halides is 3. The fraction of sp³-hybridized carbons (Fsp3) is 0.500. The second-order valence-electron chi connectivity index (χ2n) is 3.10. The third-order valence-electron chi connectivity index (χ3n) is 1.95. The minimum atomic E-state index is -4.51. The molecule has 90 valence electrons. The van der Waals surface area contributed by atoms with Gasteiger partial charge < -0.3 is 10.4 Å². The summed E-state index contributed by atoms with van der Waals surface area (Å²) in [7, 11) is 1.41. The number of aliphatic carboxylic acids is 1. The molecule has 0 saturated heterocycles. The molecule has 0 aromatic carbocycles. The first-order valence-electron chi connectivity index (χ1n) is 4.35. The number of nitrogens with one attached hydrogen (secondary N) is 1. The molecule has 0 saturated carbocycles. The molecular weight excluding hydrogens is 227 g/mol. The number of aromatic nitrogens is 2. The SMILES string of the molecule is CNC(Cn1ccc(C(F)(F)F)n1)C(=O)O. The van der Waals surface area contributed by atoms with Crippen molar-refractivity contribution in [3.8, 4) is 0 Å². The highest BCUT2D eigenvalue weighted by molar-refractivity contribution is 5.73. The summed E-state index contributed by atoms with van der Waals surface area (Å²) in [5.41, 5.74) is -1.03. The maximum atomic E-state index is 12.2. The van der Waals surface area contributed by atoms with Gasteiger partial charge in [-0.1, -0.05) is 0 Å². The van der Waals surface area contributed by atoms with Crippen LogP contribution in [0.25, 0.3) is 0 Å². The molecule has 1 unspecified atom stereocenters. The number of hydrogen-bond acceptors (Lipinski definition) is 3. The van der Waals surface area contributed by atoms with Crippen LogP contribution in [0.4, 0.5) is 13.2 Å². The van der Waals surface area contributed by atoms with Gasteiger partial charge in [0.25, 0.3) is 0 Å².